The van der Waals surface area contributed by atoms with Crippen LogP contribution in [0.15, 0.2) is 17.0 Å². The smallest absolute Gasteiger partial charge is 0.241 e. The Bertz CT molecular complexity index is 569. The van der Waals surface area contributed by atoms with Crippen molar-refractivity contribution >= 4 is 27.3 Å². The molecule has 0 spiro atoms. The number of nitrogen functional groups attached to an aromatic ring is 1. The van der Waals surface area contributed by atoms with Crippen molar-refractivity contribution in [3.63, 3.8) is 0 Å². The van der Waals surface area contributed by atoms with Crippen molar-refractivity contribution < 1.29 is 8.42 Å². The van der Waals surface area contributed by atoms with Crippen LogP contribution in [0, 0.1) is 12.8 Å². The standard InChI is InChI=1S/C14H23ClN2O2S/c1-5-11(6-2)10(4)17-20(18,19)14-8-13(16)12(15)7-9(14)3/h7-8,10-11,17H,5-6,16H2,1-4H3. The summed E-state index contributed by atoms with van der Waals surface area (Å²) in [4.78, 5) is 0.192. The van der Waals surface area contributed by atoms with Gasteiger partial charge in [0.05, 0.1) is 15.6 Å². The van der Waals surface area contributed by atoms with Crippen molar-refractivity contribution in [1.29, 1.82) is 0 Å². The van der Waals surface area contributed by atoms with E-state index in [-0.39, 0.29) is 16.6 Å². The first-order valence-corrected chi connectivity index (χ1v) is 8.67. The van der Waals surface area contributed by atoms with Crippen LogP contribution >= 0.6 is 11.6 Å². The van der Waals surface area contributed by atoms with Gasteiger partial charge in [-0.1, -0.05) is 38.3 Å². The van der Waals surface area contributed by atoms with E-state index in [0.717, 1.165) is 12.8 Å². The second-order valence-corrected chi connectivity index (χ2v) is 7.22. The highest BCUT2D eigenvalue weighted by atomic mass is 35.5. The molecule has 0 aliphatic rings. The summed E-state index contributed by atoms with van der Waals surface area (Å²) in [6.45, 7) is 7.72. The second kappa shape index (κ2) is 6.78. The number of sulfonamides is 1. The molecule has 114 valence electrons. The molecule has 3 N–H and O–H groups in total. The molecule has 1 aromatic carbocycles. The van der Waals surface area contributed by atoms with Gasteiger partial charge >= 0.3 is 0 Å². The lowest BCUT2D eigenvalue weighted by Crippen LogP contribution is -2.38. The predicted octanol–water partition coefficient (Wildman–Crippen LogP) is 3.33. The maximum atomic E-state index is 12.5. The largest absolute Gasteiger partial charge is 0.397 e. The third kappa shape index (κ3) is 3.87. The van der Waals surface area contributed by atoms with Gasteiger partial charge < -0.3 is 5.73 Å². The second-order valence-electron chi connectivity index (χ2n) is 5.13. The number of benzene rings is 1. The topological polar surface area (TPSA) is 72.2 Å². The van der Waals surface area contributed by atoms with E-state index >= 15 is 0 Å². The van der Waals surface area contributed by atoms with Gasteiger partial charge in [0.2, 0.25) is 10.0 Å². The minimum Gasteiger partial charge on any atom is -0.397 e. The lowest BCUT2D eigenvalue weighted by molar-refractivity contribution is 0.390. The molecule has 1 aromatic rings. The molecule has 1 atom stereocenters. The van der Waals surface area contributed by atoms with Crippen LogP contribution in [0.2, 0.25) is 5.02 Å². The molecule has 0 bridgehead atoms. The fraction of sp³-hybridized carbons (Fsp3) is 0.571. The van der Waals surface area contributed by atoms with E-state index in [1.165, 1.54) is 6.07 Å². The molecular formula is C14H23ClN2O2S. The number of rotatable bonds is 6. The van der Waals surface area contributed by atoms with Crippen LogP contribution < -0.4 is 10.5 Å². The van der Waals surface area contributed by atoms with Crippen molar-refractivity contribution in [3.8, 4) is 0 Å². The van der Waals surface area contributed by atoms with Gasteiger partial charge in [0.15, 0.2) is 0 Å². The van der Waals surface area contributed by atoms with Crippen molar-refractivity contribution in [2.45, 2.75) is 51.5 Å². The Labute approximate surface area is 126 Å². The highest BCUT2D eigenvalue weighted by Gasteiger charge is 2.23. The van der Waals surface area contributed by atoms with E-state index in [2.05, 4.69) is 18.6 Å². The Hall–Kier alpha value is -0.780. The highest BCUT2D eigenvalue weighted by Crippen LogP contribution is 2.26. The molecule has 0 saturated heterocycles. The van der Waals surface area contributed by atoms with Crippen LogP contribution in [-0.4, -0.2) is 14.5 Å². The van der Waals surface area contributed by atoms with E-state index < -0.39 is 10.0 Å². The summed E-state index contributed by atoms with van der Waals surface area (Å²) >= 11 is 5.90. The predicted molar refractivity (Wildman–Crippen MR) is 84.5 cm³/mol. The maximum absolute atomic E-state index is 12.5. The van der Waals surface area contributed by atoms with Crippen LogP contribution in [0.4, 0.5) is 5.69 Å². The normalized spacial score (nSPS) is 13.7. The third-order valence-corrected chi connectivity index (χ3v) is 5.71. The zero-order valence-corrected chi connectivity index (χ0v) is 14.0. The van der Waals surface area contributed by atoms with Crippen molar-refractivity contribution in [2.24, 2.45) is 5.92 Å². The maximum Gasteiger partial charge on any atom is 0.241 e. The van der Waals surface area contributed by atoms with E-state index in [1.807, 2.05) is 6.92 Å². The molecule has 0 aliphatic carbocycles. The lowest BCUT2D eigenvalue weighted by Gasteiger charge is -2.23. The van der Waals surface area contributed by atoms with Crippen molar-refractivity contribution in [1.82, 2.24) is 4.72 Å². The van der Waals surface area contributed by atoms with Gasteiger partial charge in [0, 0.05) is 6.04 Å². The van der Waals surface area contributed by atoms with Gasteiger partial charge in [-0.2, -0.15) is 0 Å². The number of anilines is 1. The molecule has 0 aromatic heterocycles. The van der Waals surface area contributed by atoms with Crippen molar-refractivity contribution in [3.05, 3.63) is 22.7 Å². The Morgan fingerprint density at radius 2 is 1.85 bits per heavy atom. The Morgan fingerprint density at radius 3 is 2.35 bits per heavy atom. The number of aryl methyl sites for hydroxylation is 1. The van der Waals surface area contributed by atoms with E-state index in [1.54, 1.807) is 13.0 Å². The first-order chi connectivity index (χ1) is 9.22. The fourth-order valence-electron chi connectivity index (χ4n) is 2.36. The first kappa shape index (κ1) is 17.3. The van der Waals surface area contributed by atoms with Crippen LogP contribution in [0.25, 0.3) is 0 Å². The van der Waals surface area contributed by atoms with Crippen molar-refractivity contribution in [2.75, 3.05) is 5.73 Å². The van der Waals surface area contributed by atoms with Crippen LogP contribution in [0.3, 0.4) is 0 Å². The number of hydrogen-bond donors (Lipinski definition) is 2. The Balaban J connectivity index is 3.09. The molecule has 0 heterocycles. The molecule has 0 fully saturated rings. The van der Waals surface area contributed by atoms with Gasteiger partial charge in [0.1, 0.15) is 0 Å². The Kier molecular flexibility index (Phi) is 5.86. The SMILES string of the molecule is CCC(CC)C(C)NS(=O)(=O)c1cc(N)c(Cl)cc1C. The average Bonchev–Trinajstić information content (AvgIpc) is 2.34. The van der Waals surface area contributed by atoms with Gasteiger partial charge in [0.25, 0.3) is 0 Å². The number of halogens is 1. The summed E-state index contributed by atoms with van der Waals surface area (Å²) in [6.07, 6.45) is 1.86. The summed E-state index contributed by atoms with van der Waals surface area (Å²) in [5.41, 5.74) is 6.57. The molecule has 0 radical (unpaired) electrons. The molecule has 0 amide bonds. The van der Waals surface area contributed by atoms with E-state index in [4.69, 9.17) is 17.3 Å². The van der Waals surface area contributed by atoms with Crippen LogP contribution in [-0.2, 0) is 10.0 Å². The third-order valence-electron chi connectivity index (χ3n) is 3.68. The summed E-state index contributed by atoms with van der Waals surface area (Å²) in [6, 6.07) is 2.87. The number of nitrogens with one attached hydrogen (secondary N) is 1. The number of nitrogens with two attached hydrogens (primary N) is 1. The summed E-state index contributed by atoms with van der Waals surface area (Å²) in [7, 11) is -3.58. The van der Waals surface area contributed by atoms with Gasteiger partial charge in [-0.25, -0.2) is 13.1 Å². The van der Waals surface area contributed by atoms with Crippen LogP contribution in [0.5, 0.6) is 0 Å². The molecule has 0 saturated carbocycles. The fourth-order valence-corrected chi connectivity index (χ4v) is 4.15. The summed E-state index contributed by atoms with van der Waals surface area (Å²) in [5, 5.41) is 0.370. The molecular weight excluding hydrogens is 296 g/mol. The minimum absolute atomic E-state index is 0.119. The molecule has 20 heavy (non-hydrogen) atoms. The molecule has 1 rings (SSSR count). The van der Waals surface area contributed by atoms with E-state index in [9.17, 15) is 8.42 Å². The number of hydrogen-bond acceptors (Lipinski definition) is 3. The van der Waals surface area contributed by atoms with Gasteiger partial charge in [-0.3, -0.25) is 0 Å². The minimum atomic E-state index is -3.58. The summed E-state index contributed by atoms with van der Waals surface area (Å²) in [5.74, 6) is 0.315. The monoisotopic (exact) mass is 318 g/mol. The van der Waals surface area contributed by atoms with Gasteiger partial charge in [-0.15, -0.1) is 0 Å². The first-order valence-electron chi connectivity index (χ1n) is 6.80. The summed E-state index contributed by atoms with van der Waals surface area (Å²) < 4.78 is 27.6. The molecule has 4 nitrogen and oxygen atoms in total. The molecule has 0 aliphatic heterocycles. The quantitative estimate of drug-likeness (QED) is 0.790. The van der Waals surface area contributed by atoms with E-state index in [0.29, 0.717) is 16.5 Å². The average molecular weight is 319 g/mol. The zero-order chi connectivity index (χ0) is 15.5. The molecule has 6 heteroatoms. The van der Waals surface area contributed by atoms with Crippen LogP contribution in [0.1, 0.15) is 39.2 Å². The Morgan fingerprint density at radius 1 is 1.30 bits per heavy atom. The highest BCUT2D eigenvalue weighted by molar-refractivity contribution is 7.89. The molecule has 1 unspecified atom stereocenters. The lowest BCUT2D eigenvalue weighted by atomic mass is 9.96. The van der Waals surface area contributed by atoms with Gasteiger partial charge in [-0.05, 0) is 37.5 Å². The zero-order valence-electron chi connectivity index (χ0n) is 12.4.